The van der Waals surface area contributed by atoms with Crippen LogP contribution in [0.2, 0.25) is 0 Å². The van der Waals surface area contributed by atoms with Crippen LogP contribution < -0.4 is 0 Å². The van der Waals surface area contributed by atoms with Gasteiger partial charge in [0.05, 0.1) is 6.54 Å². The lowest BCUT2D eigenvalue weighted by molar-refractivity contribution is -0.131. The molecule has 2 aliphatic rings. The van der Waals surface area contributed by atoms with Crippen LogP contribution in [-0.2, 0) is 16.0 Å². The van der Waals surface area contributed by atoms with E-state index < -0.39 is 6.09 Å². The summed E-state index contributed by atoms with van der Waals surface area (Å²) in [7, 11) is 1.81. The fourth-order valence-corrected chi connectivity index (χ4v) is 3.78. The number of nitrogens with zero attached hydrogens (tertiary/aromatic N) is 3. The third kappa shape index (κ3) is 5.66. The maximum absolute atomic E-state index is 13.0. The number of hydrogen-bond acceptors (Lipinski definition) is 4. The van der Waals surface area contributed by atoms with Crippen molar-refractivity contribution >= 4 is 12.0 Å². The molecule has 2 saturated heterocycles. The number of hydrogen-bond donors (Lipinski definition) is 0. The molecule has 0 aromatic heterocycles. The van der Waals surface area contributed by atoms with Crippen LogP contribution in [0, 0.1) is 11.7 Å². The highest BCUT2D eigenvalue weighted by Gasteiger charge is 2.27. The van der Waals surface area contributed by atoms with E-state index in [4.69, 9.17) is 4.74 Å². The van der Waals surface area contributed by atoms with Gasteiger partial charge >= 0.3 is 6.09 Å². The van der Waals surface area contributed by atoms with Gasteiger partial charge < -0.3 is 14.5 Å². The first-order valence-corrected chi connectivity index (χ1v) is 9.64. The maximum Gasteiger partial charge on any atom is 0.410 e. The van der Waals surface area contributed by atoms with Crippen LogP contribution in [-0.4, -0.2) is 79.6 Å². The van der Waals surface area contributed by atoms with Crippen molar-refractivity contribution in [1.29, 1.82) is 0 Å². The minimum absolute atomic E-state index is 0.0442. The standard InChI is InChI=1S/C20H28FN3O3/c1-22(19(25)15-24-11-12-27-20(24)26)13-17-3-2-9-23(14-17)10-8-16-4-6-18(21)7-5-16/h4-7,17H,2-3,8-15H2,1H3. The van der Waals surface area contributed by atoms with Gasteiger partial charge in [-0.25, -0.2) is 9.18 Å². The molecule has 148 valence electrons. The molecule has 0 aliphatic carbocycles. The molecule has 1 unspecified atom stereocenters. The van der Waals surface area contributed by atoms with Crippen LogP contribution in [0.3, 0.4) is 0 Å². The number of likely N-dealkylation sites (N-methyl/N-ethyl adjacent to an activating group) is 1. The fourth-order valence-electron chi connectivity index (χ4n) is 3.78. The van der Waals surface area contributed by atoms with Gasteiger partial charge in [0.2, 0.25) is 5.91 Å². The monoisotopic (exact) mass is 377 g/mol. The van der Waals surface area contributed by atoms with E-state index in [9.17, 15) is 14.0 Å². The van der Waals surface area contributed by atoms with Gasteiger partial charge in [0.1, 0.15) is 19.0 Å². The molecule has 2 aliphatic heterocycles. The molecule has 2 heterocycles. The van der Waals surface area contributed by atoms with Crippen LogP contribution in [0.15, 0.2) is 24.3 Å². The van der Waals surface area contributed by atoms with Gasteiger partial charge in [-0.1, -0.05) is 12.1 Å². The van der Waals surface area contributed by atoms with E-state index in [1.54, 1.807) is 11.9 Å². The number of cyclic esters (lactones) is 1. The van der Waals surface area contributed by atoms with Crippen LogP contribution in [0.25, 0.3) is 0 Å². The van der Waals surface area contributed by atoms with Gasteiger partial charge in [-0.05, 0) is 49.4 Å². The Bertz CT molecular complexity index is 652. The van der Waals surface area contributed by atoms with Crippen molar-refractivity contribution in [2.75, 3.05) is 52.9 Å². The highest BCUT2D eigenvalue weighted by Crippen LogP contribution is 2.18. The second-order valence-electron chi connectivity index (χ2n) is 7.50. The molecule has 1 aromatic rings. The summed E-state index contributed by atoms with van der Waals surface area (Å²) in [5, 5.41) is 0. The van der Waals surface area contributed by atoms with E-state index in [1.807, 2.05) is 12.1 Å². The quantitative estimate of drug-likeness (QED) is 0.729. The Morgan fingerprint density at radius 1 is 1.30 bits per heavy atom. The Kier molecular flexibility index (Phi) is 6.66. The third-order valence-electron chi connectivity index (χ3n) is 5.36. The topological polar surface area (TPSA) is 53.1 Å². The summed E-state index contributed by atoms with van der Waals surface area (Å²) in [5.41, 5.74) is 1.14. The first-order valence-electron chi connectivity index (χ1n) is 9.64. The summed E-state index contributed by atoms with van der Waals surface area (Å²) in [6.07, 6.45) is 2.73. The number of carbonyl (C=O) groups excluding carboxylic acids is 2. The molecular formula is C20H28FN3O3. The van der Waals surface area contributed by atoms with Crippen molar-refractivity contribution in [3.05, 3.63) is 35.6 Å². The van der Waals surface area contributed by atoms with E-state index >= 15 is 0 Å². The summed E-state index contributed by atoms with van der Waals surface area (Å²) in [5.74, 6) is 0.190. The van der Waals surface area contributed by atoms with Crippen molar-refractivity contribution in [2.45, 2.75) is 19.3 Å². The number of halogens is 1. The molecule has 0 spiro atoms. The lowest BCUT2D eigenvalue weighted by Gasteiger charge is -2.35. The summed E-state index contributed by atoms with van der Waals surface area (Å²) < 4.78 is 17.9. The summed E-state index contributed by atoms with van der Waals surface area (Å²) in [4.78, 5) is 29.5. The van der Waals surface area contributed by atoms with Crippen LogP contribution >= 0.6 is 0 Å². The highest BCUT2D eigenvalue weighted by molar-refractivity contribution is 5.82. The lowest BCUT2D eigenvalue weighted by atomic mass is 9.97. The Balaban J connectivity index is 1.42. The molecule has 1 aromatic carbocycles. The summed E-state index contributed by atoms with van der Waals surface area (Å²) in [6, 6.07) is 6.69. The minimum atomic E-state index is -0.401. The van der Waals surface area contributed by atoms with Crippen LogP contribution in [0.4, 0.5) is 9.18 Å². The SMILES string of the molecule is CN(CC1CCCN(CCc2ccc(F)cc2)C1)C(=O)CN1CCOC1=O. The Hall–Kier alpha value is -2.15. The highest BCUT2D eigenvalue weighted by atomic mass is 19.1. The van der Waals surface area contributed by atoms with E-state index in [0.717, 1.165) is 44.5 Å². The number of benzene rings is 1. The van der Waals surface area contributed by atoms with E-state index in [2.05, 4.69) is 4.90 Å². The molecule has 6 nitrogen and oxygen atoms in total. The van der Waals surface area contributed by atoms with Gasteiger partial charge in [0, 0.05) is 26.7 Å². The second-order valence-corrected chi connectivity index (χ2v) is 7.50. The molecular weight excluding hydrogens is 349 g/mol. The van der Waals surface area contributed by atoms with Crippen molar-refractivity contribution < 1.29 is 18.7 Å². The summed E-state index contributed by atoms with van der Waals surface area (Å²) >= 11 is 0. The Morgan fingerprint density at radius 3 is 2.78 bits per heavy atom. The molecule has 0 radical (unpaired) electrons. The number of likely N-dealkylation sites (tertiary alicyclic amines) is 1. The number of carbonyl (C=O) groups is 2. The zero-order valence-electron chi connectivity index (χ0n) is 15.9. The second kappa shape index (κ2) is 9.17. The minimum Gasteiger partial charge on any atom is -0.448 e. The fraction of sp³-hybridized carbons (Fsp3) is 0.600. The zero-order valence-corrected chi connectivity index (χ0v) is 15.9. The molecule has 2 amide bonds. The van der Waals surface area contributed by atoms with Crippen molar-refractivity contribution in [1.82, 2.24) is 14.7 Å². The number of piperidine rings is 1. The summed E-state index contributed by atoms with van der Waals surface area (Å²) in [6.45, 7) is 4.62. The number of ether oxygens (including phenoxy) is 1. The molecule has 0 N–H and O–H groups in total. The van der Waals surface area contributed by atoms with E-state index in [0.29, 0.717) is 25.6 Å². The Labute approximate surface area is 159 Å². The predicted octanol–water partition coefficient (Wildman–Crippen LogP) is 1.99. The van der Waals surface area contributed by atoms with E-state index in [-0.39, 0.29) is 18.3 Å². The molecule has 2 fully saturated rings. The largest absolute Gasteiger partial charge is 0.448 e. The lowest BCUT2D eigenvalue weighted by Crippen LogP contribution is -2.44. The average Bonchev–Trinajstić information content (AvgIpc) is 3.06. The molecule has 0 saturated carbocycles. The zero-order chi connectivity index (χ0) is 19.2. The number of rotatable bonds is 7. The maximum atomic E-state index is 13.0. The third-order valence-corrected chi connectivity index (χ3v) is 5.36. The molecule has 27 heavy (non-hydrogen) atoms. The van der Waals surface area contributed by atoms with Crippen LogP contribution in [0.1, 0.15) is 18.4 Å². The van der Waals surface area contributed by atoms with Gasteiger partial charge in [0.15, 0.2) is 0 Å². The van der Waals surface area contributed by atoms with Crippen LogP contribution in [0.5, 0.6) is 0 Å². The first kappa shape index (κ1) is 19.6. The average molecular weight is 377 g/mol. The smallest absolute Gasteiger partial charge is 0.410 e. The van der Waals surface area contributed by atoms with Crippen molar-refractivity contribution in [3.63, 3.8) is 0 Å². The predicted molar refractivity (Wildman–Crippen MR) is 99.8 cm³/mol. The van der Waals surface area contributed by atoms with Crippen molar-refractivity contribution in [3.8, 4) is 0 Å². The Morgan fingerprint density at radius 2 is 2.07 bits per heavy atom. The molecule has 3 rings (SSSR count). The van der Waals surface area contributed by atoms with Gasteiger partial charge in [-0.15, -0.1) is 0 Å². The number of amides is 2. The molecule has 0 bridgehead atoms. The molecule has 7 heteroatoms. The van der Waals surface area contributed by atoms with Gasteiger partial charge in [-0.3, -0.25) is 9.69 Å². The first-order chi connectivity index (χ1) is 13.0. The van der Waals surface area contributed by atoms with Gasteiger partial charge in [-0.2, -0.15) is 0 Å². The van der Waals surface area contributed by atoms with Gasteiger partial charge in [0.25, 0.3) is 0 Å². The van der Waals surface area contributed by atoms with Crippen molar-refractivity contribution in [2.24, 2.45) is 5.92 Å². The molecule has 1 atom stereocenters. The normalized spacial score (nSPS) is 20.6. The van der Waals surface area contributed by atoms with E-state index in [1.165, 1.54) is 17.0 Å².